The van der Waals surface area contributed by atoms with Gasteiger partial charge < -0.3 is 5.11 Å². The van der Waals surface area contributed by atoms with Crippen LogP contribution >= 0.6 is 0 Å². The topological polar surface area (TPSA) is 54.4 Å². The second-order valence-electron chi connectivity index (χ2n) is 14.0. The van der Waals surface area contributed by atoms with Crippen molar-refractivity contribution in [2.45, 2.75) is 164 Å². The van der Waals surface area contributed by atoms with Gasteiger partial charge in [0, 0.05) is 0 Å². The van der Waals surface area contributed by atoms with Crippen molar-refractivity contribution < 1.29 is 13.5 Å². The van der Waals surface area contributed by atoms with Crippen molar-refractivity contribution in [2.75, 3.05) is 12.4 Å². The Morgan fingerprint density at radius 3 is 1.21 bits per heavy atom. The largest absolute Gasteiger partial charge is 0.392 e. The van der Waals surface area contributed by atoms with E-state index in [1.54, 1.807) is 0 Å². The van der Waals surface area contributed by atoms with Gasteiger partial charge in [0.1, 0.15) is 0 Å². The SMILES string of the molecule is CCCS(=O)(=O)C(CC=C(C)CCC=C(C)CCC=C(C)CCC=C(C)CCC=C(C)CCC=C(C)C)C(C)=CCC/C(C)=C/CO. The summed E-state index contributed by atoms with van der Waals surface area (Å²) in [6.07, 6.45) is 31.7. The van der Waals surface area contributed by atoms with Crippen molar-refractivity contribution in [1.82, 2.24) is 0 Å². The second kappa shape index (κ2) is 26.7. The third-order valence-corrected chi connectivity index (χ3v) is 11.2. The smallest absolute Gasteiger partial charge is 0.157 e. The first-order valence-electron chi connectivity index (χ1n) is 18.3. The number of aliphatic hydroxyl groups excluding tert-OH is 1. The van der Waals surface area contributed by atoms with Gasteiger partial charge in [-0.1, -0.05) is 100 Å². The van der Waals surface area contributed by atoms with Gasteiger partial charge in [0.2, 0.25) is 0 Å². The lowest BCUT2D eigenvalue weighted by Gasteiger charge is -2.17. The quantitative estimate of drug-likeness (QED) is 0.0985. The predicted molar refractivity (Wildman–Crippen MR) is 211 cm³/mol. The molecule has 0 amide bonds. The Bertz CT molecular complexity index is 1240. The molecule has 0 saturated heterocycles. The fourth-order valence-electron chi connectivity index (χ4n) is 5.55. The first kappa shape index (κ1) is 44.8. The summed E-state index contributed by atoms with van der Waals surface area (Å²) < 4.78 is 26.2. The summed E-state index contributed by atoms with van der Waals surface area (Å²) in [5.41, 5.74) is 10.6. The predicted octanol–water partition coefficient (Wildman–Crippen LogP) is 12.8. The highest BCUT2D eigenvalue weighted by Crippen LogP contribution is 2.22. The number of hydrogen-bond acceptors (Lipinski definition) is 3. The van der Waals surface area contributed by atoms with Crippen LogP contribution in [0.15, 0.2) is 93.2 Å². The second-order valence-corrected chi connectivity index (χ2v) is 16.3. The molecule has 1 unspecified atom stereocenters. The maximum absolute atomic E-state index is 13.1. The average Bonchev–Trinajstić information content (AvgIpc) is 2.97. The summed E-state index contributed by atoms with van der Waals surface area (Å²) in [6.45, 7) is 21.4. The molecule has 0 heterocycles. The molecule has 0 aromatic heterocycles. The van der Waals surface area contributed by atoms with E-state index < -0.39 is 15.1 Å². The van der Waals surface area contributed by atoms with E-state index in [1.807, 2.05) is 26.8 Å². The summed E-state index contributed by atoms with van der Waals surface area (Å²) in [4.78, 5) is 0. The third-order valence-electron chi connectivity index (χ3n) is 8.77. The van der Waals surface area contributed by atoms with Crippen molar-refractivity contribution in [1.29, 1.82) is 0 Å². The molecular weight excluding hydrogens is 597 g/mol. The zero-order valence-corrected chi connectivity index (χ0v) is 33.0. The minimum atomic E-state index is -3.19. The van der Waals surface area contributed by atoms with Crippen LogP contribution < -0.4 is 0 Å². The third kappa shape index (κ3) is 24.6. The van der Waals surface area contributed by atoms with Crippen molar-refractivity contribution >= 4 is 9.84 Å². The van der Waals surface area contributed by atoms with E-state index in [1.165, 1.54) is 39.9 Å². The van der Waals surface area contributed by atoms with Gasteiger partial charge in [-0.05, 0) is 152 Å². The molecule has 47 heavy (non-hydrogen) atoms. The molecule has 1 N–H and O–H groups in total. The lowest BCUT2D eigenvalue weighted by atomic mass is 10.0. The lowest BCUT2D eigenvalue weighted by molar-refractivity contribution is 0.341. The van der Waals surface area contributed by atoms with Gasteiger partial charge in [-0.25, -0.2) is 8.42 Å². The average molecular weight is 669 g/mol. The van der Waals surface area contributed by atoms with Crippen LogP contribution in [0.5, 0.6) is 0 Å². The molecule has 0 spiro atoms. The Hall–Kier alpha value is -2.17. The maximum atomic E-state index is 13.1. The molecule has 1 atom stereocenters. The molecule has 4 heteroatoms. The summed E-state index contributed by atoms with van der Waals surface area (Å²) in [6, 6.07) is 0. The Morgan fingerprint density at radius 2 is 0.851 bits per heavy atom. The normalized spacial score (nSPS) is 15.3. The Kier molecular flexibility index (Phi) is 25.5. The van der Waals surface area contributed by atoms with Gasteiger partial charge in [-0.2, -0.15) is 0 Å². The first-order valence-corrected chi connectivity index (χ1v) is 20.0. The summed E-state index contributed by atoms with van der Waals surface area (Å²) >= 11 is 0. The molecular formula is C43H72O3S. The van der Waals surface area contributed by atoms with Gasteiger partial charge >= 0.3 is 0 Å². The summed E-state index contributed by atoms with van der Waals surface area (Å²) in [7, 11) is -3.19. The first-order chi connectivity index (χ1) is 22.2. The van der Waals surface area contributed by atoms with Gasteiger partial charge in [0.05, 0.1) is 17.6 Å². The molecule has 0 aromatic rings. The van der Waals surface area contributed by atoms with E-state index in [4.69, 9.17) is 5.11 Å². The van der Waals surface area contributed by atoms with Crippen molar-refractivity contribution in [3.05, 3.63) is 93.2 Å². The molecule has 0 aromatic carbocycles. The highest BCUT2D eigenvalue weighted by Gasteiger charge is 2.25. The number of allylic oxidation sites excluding steroid dienone is 14. The Balaban J connectivity index is 4.74. The molecule has 0 fully saturated rings. The fraction of sp³-hybridized carbons (Fsp3) is 0.628. The summed E-state index contributed by atoms with van der Waals surface area (Å²) in [5, 5.41) is 8.62. The standard InChI is InChI=1S/C43H72O3S/c1-11-34-47(45,46)43(42(10)29-17-28-41(9)32-33-44)31-30-40(8)27-16-26-39(7)25-15-24-38(6)23-14-22-37(5)21-13-20-36(4)19-12-18-35(2)3/h18,20,22,24,26,29-30,32,43-44H,11-17,19,21,23,25,27-28,31,33-34H2,1-10H3/b36-20?,37-22?,38-24?,39-26?,40-30?,41-32+,42-29?. The Labute approximate surface area is 292 Å². The van der Waals surface area contributed by atoms with Gasteiger partial charge in [0.25, 0.3) is 0 Å². The highest BCUT2D eigenvalue weighted by atomic mass is 32.2. The van der Waals surface area contributed by atoms with Crippen LogP contribution in [0.3, 0.4) is 0 Å². The van der Waals surface area contributed by atoms with E-state index >= 15 is 0 Å². The van der Waals surface area contributed by atoms with Gasteiger partial charge in [-0.3, -0.25) is 0 Å². The number of sulfone groups is 1. The van der Waals surface area contributed by atoms with E-state index in [0.717, 1.165) is 81.8 Å². The zero-order valence-electron chi connectivity index (χ0n) is 32.2. The van der Waals surface area contributed by atoms with Crippen LogP contribution in [0.25, 0.3) is 0 Å². The van der Waals surface area contributed by atoms with Crippen LogP contribution in [-0.2, 0) is 9.84 Å². The monoisotopic (exact) mass is 669 g/mol. The van der Waals surface area contributed by atoms with E-state index in [2.05, 4.69) is 91.0 Å². The molecule has 0 rings (SSSR count). The van der Waals surface area contributed by atoms with Crippen LogP contribution in [0.4, 0.5) is 0 Å². The van der Waals surface area contributed by atoms with Gasteiger partial charge in [0.15, 0.2) is 9.84 Å². The minimum absolute atomic E-state index is 0.0476. The lowest BCUT2D eigenvalue weighted by Crippen LogP contribution is -2.25. The van der Waals surface area contributed by atoms with Crippen molar-refractivity contribution in [3.8, 4) is 0 Å². The molecule has 268 valence electrons. The fourth-order valence-corrected chi connectivity index (χ4v) is 7.46. The maximum Gasteiger partial charge on any atom is 0.157 e. The number of aliphatic hydroxyl groups is 1. The van der Waals surface area contributed by atoms with E-state index in [0.29, 0.717) is 12.8 Å². The molecule has 0 aliphatic carbocycles. The minimum Gasteiger partial charge on any atom is -0.392 e. The molecule has 0 bridgehead atoms. The molecule has 3 nitrogen and oxygen atoms in total. The zero-order chi connectivity index (χ0) is 35.7. The van der Waals surface area contributed by atoms with Crippen LogP contribution in [0.2, 0.25) is 0 Å². The molecule has 0 aliphatic rings. The molecule has 0 aliphatic heterocycles. The van der Waals surface area contributed by atoms with Crippen molar-refractivity contribution in [2.24, 2.45) is 0 Å². The summed E-state index contributed by atoms with van der Waals surface area (Å²) in [5.74, 6) is 0.223. The Morgan fingerprint density at radius 1 is 0.511 bits per heavy atom. The van der Waals surface area contributed by atoms with Crippen LogP contribution in [0, 0.1) is 0 Å². The van der Waals surface area contributed by atoms with E-state index in [9.17, 15) is 8.42 Å². The van der Waals surface area contributed by atoms with Crippen LogP contribution in [-0.4, -0.2) is 31.1 Å². The van der Waals surface area contributed by atoms with E-state index in [-0.39, 0.29) is 12.4 Å². The molecule has 0 radical (unpaired) electrons. The number of rotatable bonds is 25. The molecule has 0 saturated carbocycles. The van der Waals surface area contributed by atoms with Crippen LogP contribution in [0.1, 0.15) is 159 Å². The number of hydrogen-bond donors (Lipinski definition) is 1. The highest BCUT2D eigenvalue weighted by molar-refractivity contribution is 7.92. The van der Waals surface area contributed by atoms with Crippen molar-refractivity contribution in [3.63, 3.8) is 0 Å². The van der Waals surface area contributed by atoms with Gasteiger partial charge in [-0.15, -0.1) is 0 Å².